The van der Waals surface area contributed by atoms with Crippen molar-refractivity contribution >= 4 is 17.5 Å². The minimum Gasteiger partial charge on any atom is -0.493 e. The molecule has 2 atom stereocenters. The minimum atomic E-state index is -0.692. The van der Waals surface area contributed by atoms with Gasteiger partial charge in [0.05, 0.1) is 26.0 Å². The van der Waals surface area contributed by atoms with E-state index in [1.54, 1.807) is 12.1 Å². The van der Waals surface area contributed by atoms with E-state index < -0.39 is 12.1 Å². The highest BCUT2D eigenvalue weighted by molar-refractivity contribution is 6.12. The Hall–Kier alpha value is -2.28. The third kappa shape index (κ3) is 2.01. The fraction of sp³-hybridized carbons (Fsp3) is 0.429. The topological polar surface area (TPSA) is 88.1 Å². The zero-order chi connectivity index (χ0) is 15.1. The molecule has 3 rings (SSSR count). The van der Waals surface area contributed by atoms with Gasteiger partial charge in [0.1, 0.15) is 11.6 Å². The summed E-state index contributed by atoms with van der Waals surface area (Å²) in [6.07, 6.45) is -0.451. The Morgan fingerprint density at radius 2 is 2.05 bits per heavy atom. The first kappa shape index (κ1) is 13.7. The molecule has 7 nitrogen and oxygen atoms in total. The second-order valence-corrected chi connectivity index (χ2v) is 5.08. The molecule has 0 unspecified atom stereocenters. The number of hydrogen-bond donors (Lipinski definition) is 2. The molecule has 0 spiro atoms. The number of aliphatic hydroxyl groups is 1. The molecule has 7 heteroatoms. The van der Waals surface area contributed by atoms with E-state index in [1.165, 1.54) is 19.1 Å². The summed E-state index contributed by atoms with van der Waals surface area (Å²) in [7, 11) is 2.92. The van der Waals surface area contributed by atoms with Crippen molar-refractivity contribution < 1.29 is 24.2 Å². The van der Waals surface area contributed by atoms with Crippen LogP contribution in [0.15, 0.2) is 12.1 Å². The quantitative estimate of drug-likeness (QED) is 0.814. The molecule has 112 valence electrons. The first-order valence-electron chi connectivity index (χ1n) is 6.61. The van der Waals surface area contributed by atoms with Gasteiger partial charge in [-0.2, -0.15) is 0 Å². The standard InChI is InChI=1S/C14H16N2O5/c1-20-10-4-3-8-11(12(10)21-2)14(19)16-6-7(17)5-9(16)13(18)15-8/h3-4,7,9,17H,5-6H2,1-2H3,(H,15,18)/t7-,9+/m1/s1. The molecule has 0 radical (unpaired) electrons. The van der Waals surface area contributed by atoms with Gasteiger partial charge < -0.3 is 24.8 Å². The predicted molar refractivity (Wildman–Crippen MR) is 73.6 cm³/mol. The Kier molecular flexibility index (Phi) is 3.21. The van der Waals surface area contributed by atoms with Crippen molar-refractivity contribution in [1.29, 1.82) is 0 Å². The average Bonchev–Trinajstić information content (AvgIpc) is 2.84. The Labute approximate surface area is 121 Å². The van der Waals surface area contributed by atoms with Crippen molar-refractivity contribution in [3.63, 3.8) is 0 Å². The Bertz CT molecular complexity index is 616. The molecule has 2 aliphatic heterocycles. The molecule has 0 aliphatic carbocycles. The van der Waals surface area contributed by atoms with Gasteiger partial charge in [0.2, 0.25) is 5.91 Å². The van der Waals surface area contributed by atoms with Crippen LogP contribution in [0.1, 0.15) is 16.8 Å². The molecule has 1 aromatic rings. The van der Waals surface area contributed by atoms with Crippen LogP contribution >= 0.6 is 0 Å². The normalized spacial score (nSPS) is 24.0. The van der Waals surface area contributed by atoms with Gasteiger partial charge in [-0.05, 0) is 12.1 Å². The number of amides is 2. The van der Waals surface area contributed by atoms with Gasteiger partial charge in [0.25, 0.3) is 5.91 Å². The number of aliphatic hydroxyl groups excluding tert-OH is 1. The maximum atomic E-state index is 12.7. The number of fused-ring (bicyclic) bond motifs is 2. The Morgan fingerprint density at radius 1 is 1.29 bits per heavy atom. The Morgan fingerprint density at radius 3 is 2.71 bits per heavy atom. The van der Waals surface area contributed by atoms with Gasteiger partial charge in [-0.3, -0.25) is 9.59 Å². The van der Waals surface area contributed by atoms with E-state index in [2.05, 4.69) is 5.32 Å². The molecular weight excluding hydrogens is 276 g/mol. The van der Waals surface area contributed by atoms with Gasteiger partial charge >= 0.3 is 0 Å². The molecule has 1 aromatic carbocycles. The second kappa shape index (κ2) is 4.92. The summed E-state index contributed by atoms with van der Waals surface area (Å²) >= 11 is 0. The number of nitrogens with one attached hydrogen (secondary N) is 1. The van der Waals surface area contributed by atoms with Gasteiger partial charge in [0.15, 0.2) is 11.5 Å². The van der Waals surface area contributed by atoms with Crippen LogP contribution in [0, 0.1) is 0 Å². The lowest BCUT2D eigenvalue weighted by atomic mass is 10.1. The third-order valence-corrected chi connectivity index (χ3v) is 3.86. The SMILES string of the molecule is COc1ccc2c(c1OC)C(=O)N1C[C@H](O)C[C@H]1C(=O)N2. The summed E-state index contributed by atoms with van der Waals surface area (Å²) in [5, 5.41) is 12.5. The molecular formula is C14H16N2O5. The second-order valence-electron chi connectivity index (χ2n) is 5.08. The van der Waals surface area contributed by atoms with Crippen LogP contribution in [0.3, 0.4) is 0 Å². The van der Waals surface area contributed by atoms with Gasteiger partial charge in [-0.25, -0.2) is 0 Å². The summed E-state index contributed by atoms with van der Waals surface area (Å²) in [6.45, 7) is 0.136. The number of benzene rings is 1. The van der Waals surface area contributed by atoms with Crippen LogP contribution in [-0.4, -0.2) is 54.7 Å². The third-order valence-electron chi connectivity index (χ3n) is 3.86. The zero-order valence-electron chi connectivity index (χ0n) is 11.8. The van der Waals surface area contributed by atoms with Crippen LogP contribution in [0.2, 0.25) is 0 Å². The number of carbonyl (C=O) groups is 2. The lowest BCUT2D eigenvalue weighted by molar-refractivity contribution is -0.119. The van der Waals surface area contributed by atoms with Crippen molar-refractivity contribution in [2.45, 2.75) is 18.6 Å². The van der Waals surface area contributed by atoms with Crippen LogP contribution in [-0.2, 0) is 4.79 Å². The maximum Gasteiger partial charge on any atom is 0.260 e. The fourth-order valence-electron chi connectivity index (χ4n) is 2.89. The molecule has 0 saturated carbocycles. The summed E-state index contributed by atoms with van der Waals surface area (Å²) in [6, 6.07) is 2.59. The highest BCUT2D eigenvalue weighted by Gasteiger charge is 2.43. The lowest BCUT2D eigenvalue weighted by Crippen LogP contribution is -2.40. The van der Waals surface area contributed by atoms with E-state index in [0.717, 1.165) is 0 Å². The number of ether oxygens (including phenoxy) is 2. The smallest absolute Gasteiger partial charge is 0.260 e. The average molecular weight is 292 g/mol. The van der Waals surface area contributed by atoms with E-state index in [0.29, 0.717) is 11.4 Å². The van der Waals surface area contributed by atoms with Crippen LogP contribution in [0.25, 0.3) is 0 Å². The van der Waals surface area contributed by atoms with Gasteiger partial charge in [-0.1, -0.05) is 0 Å². The van der Waals surface area contributed by atoms with E-state index in [-0.39, 0.29) is 36.1 Å². The van der Waals surface area contributed by atoms with Gasteiger partial charge in [0, 0.05) is 13.0 Å². The number of carbonyl (C=O) groups excluding carboxylic acids is 2. The van der Waals surface area contributed by atoms with Crippen molar-refractivity contribution in [3.05, 3.63) is 17.7 Å². The van der Waals surface area contributed by atoms with E-state index in [9.17, 15) is 14.7 Å². The van der Waals surface area contributed by atoms with Gasteiger partial charge in [-0.15, -0.1) is 0 Å². The highest BCUT2D eigenvalue weighted by Crippen LogP contribution is 2.39. The molecule has 2 N–H and O–H groups in total. The maximum absolute atomic E-state index is 12.7. The number of nitrogens with zero attached hydrogens (tertiary/aromatic N) is 1. The van der Waals surface area contributed by atoms with Crippen molar-refractivity contribution in [2.24, 2.45) is 0 Å². The number of methoxy groups -OCH3 is 2. The lowest BCUT2D eigenvalue weighted by Gasteiger charge is -2.20. The molecule has 1 saturated heterocycles. The van der Waals surface area contributed by atoms with E-state index in [4.69, 9.17) is 9.47 Å². The fourth-order valence-corrected chi connectivity index (χ4v) is 2.89. The monoisotopic (exact) mass is 292 g/mol. The Balaban J connectivity index is 2.16. The van der Waals surface area contributed by atoms with Crippen LogP contribution in [0.4, 0.5) is 5.69 Å². The summed E-state index contributed by atoms with van der Waals surface area (Å²) < 4.78 is 10.5. The largest absolute Gasteiger partial charge is 0.493 e. The zero-order valence-corrected chi connectivity index (χ0v) is 11.8. The molecule has 2 aliphatic rings. The molecule has 2 heterocycles. The summed E-state index contributed by atoms with van der Waals surface area (Å²) in [4.78, 5) is 26.3. The van der Waals surface area contributed by atoms with Crippen molar-refractivity contribution in [2.75, 3.05) is 26.1 Å². The first-order chi connectivity index (χ1) is 10.1. The summed E-state index contributed by atoms with van der Waals surface area (Å²) in [5.74, 6) is 0.0471. The number of anilines is 1. The molecule has 0 aromatic heterocycles. The minimum absolute atomic E-state index is 0.136. The highest BCUT2D eigenvalue weighted by atomic mass is 16.5. The molecule has 1 fully saturated rings. The summed E-state index contributed by atoms with van der Waals surface area (Å²) in [5.41, 5.74) is 0.647. The predicted octanol–water partition coefficient (Wildman–Crippen LogP) is 0.231. The molecule has 21 heavy (non-hydrogen) atoms. The molecule has 2 amide bonds. The van der Waals surface area contributed by atoms with Crippen LogP contribution < -0.4 is 14.8 Å². The molecule has 0 bridgehead atoms. The first-order valence-corrected chi connectivity index (χ1v) is 6.61. The van der Waals surface area contributed by atoms with E-state index in [1.807, 2.05) is 0 Å². The number of rotatable bonds is 2. The van der Waals surface area contributed by atoms with Crippen LogP contribution in [0.5, 0.6) is 11.5 Å². The van der Waals surface area contributed by atoms with Crippen molar-refractivity contribution in [1.82, 2.24) is 4.90 Å². The van der Waals surface area contributed by atoms with E-state index >= 15 is 0 Å². The van der Waals surface area contributed by atoms with Crippen molar-refractivity contribution in [3.8, 4) is 11.5 Å². The number of hydrogen-bond acceptors (Lipinski definition) is 5.